The zero-order valence-electron chi connectivity index (χ0n) is 9.64. The molecule has 0 atom stereocenters. The maximum atomic E-state index is 5.18. The summed E-state index contributed by atoms with van der Waals surface area (Å²) in [5, 5.41) is 11.9. The van der Waals surface area contributed by atoms with Crippen molar-refractivity contribution in [3.8, 4) is 5.75 Å². The summed E-state index contributed by atoms with van der Waals surface area (Å²) >= 11 is 3.24. The van der Waals surface area contributed by atoms with E-state index < -0.39 is 0 Å². The molecule has 6 heteroatoms. The highest BCUT2D eigenvalue weighted by Crippen LogP contribution is 2.28. The molecule has 0 saturated carbocycles. The van der Waals surface area contributed by atoms with Gasteiger partial charge in [0.05, 0.1) is 7.11 Å². The standard InChI is InChI=1S/C11H13N3OS2/c1-12-10-13-14-11(17-10)16-7-8-4-3-5-9(6-8)15-2/h3-6H,7H2,1-2H3,(H,12,13). The highest BCUT2D eigenvalue weighted by atomic mass is 32.2. The van der Waals surface area contributed by atoms with Crippen LogP contribution in [-0.4, -0.2) is 24.4 Å². The molecule has 17 heavy (non-hydrogen) atoms. The van der Waals surface area contributed by atoms with Crippen molar-refractivity contribution >= 4 is 28.2 Å². The number of aromatic nitrogens is 2. The van der Waals surface area contributed by atoms with Crippen LogP contribution in [0, 0.1) is 0 Å². The second-order valence-corrected chi connectivity index (χ2v) is 5.46. The molecule has 0 bridgehead atoms. The molecule has 0 unspecified atom stereocenters. The van der Waals surface area contributed by atoms with Crippen molar-refractivity contribution in [1.29, 1.82) is 0 Å². The maximum absolute atomic E-state index is 5.18. The van der Waals surface area contributed by atoms with Gasteiger partial charge >= 0.3 is 0 Å². The van der Waals surface area contributed by atoms with Crippen molar-refractivity contribution in [3.05, 3.63) is 29.8 Å². The predicted molar refractivity (Wildman–Crippen MR) is 72.0 cm³/mol. The first-order chi connectivity index (χ1) is 8.31. The monoisotopic (exact) mass is 267 g/mol. The molecule has 1 aromatic heterocycles. The molecule has 0 aliphatic rings. The molecule has 0 aliphatic heterocycles. The third kappa shape index (κ3) is 3.34. The lowest BCUT2D eigenvalue weighted by Gasteiger charge is -2.02. The highest BCUT2D eigenvalue weighted by molar-refractivity contribution is 8.00. The van der Waals surface area contributed by atoms with E-state index in [2.05, 4.69) is 21.6 Å². The molecule has 0 amide bonds. The second kappa shape index (κ2) is 5.88. The van der Waals surface area contributed by atoms with Crippen LogP contribution in [0.4, 0.5) is 5.13 Å². The average Bonchev–Trinajstić information content (AvgIpc) is 2.84. The van der Waals surface area contributed by atoms with E-state index in [0.717, 1.165) is 21.0 Å². The quantitative estimate of drug-likeness (QED) is 0.844. The number of rotatable bonds is 5. The molecule has 0 saturated heterocycles. The molecule has 1 heterocycles. The number of nitrogens with zero attached hydrogens (tertiary/aromatic N) is 2. The first-order valence-corrected chi connectivity index (χ1v) is 6.89. The number of nitrogens with one attached hydrogen (secondary N) is 1. The van der Waals surface area contributed by atoms with Gasteiger partial charge in [-0.05, 0) is 17.7 Å². The topological polar surface area (TPSA) is 47.0 Å². The normalized spacial score (nSPS) is 10.2. The summed E-state index contributed by atoms with van der Waals surface area (Å²) < 4.78 is 6.15. The lowest BCUT2D eigenvalue weighted by Crippen LogP contribution is -1.85. The minimum Gasteiger partial charge on any atom is -0.497 e. The number of hydrogen-bond donors (Lipinski definition) is 1. The fraction of sp³-hybridized carbons (Fsp3) is 0.273. The Bertz CT molecular complexity index is 487. The van der Waals surface area contributed by atoms with Gasteiger partial charge in [-0.25, -0.2) is 0 Å². The number of methoxy groups -OCH3 is 1. The van der Waals surface area contributed by atoms with Gasteiger partial charge in [0.15, 0.2) is 4.34 Å². The maximum Gasteiger partial charge on any atom is 0.206 e. The van der Waals surface area contributed by atoms with E-state index in [4.69, 9.17) is 4.74 Å². The summed E-state index contributed by atoms with van der Waals surface area (Å²) in [5.74, 6) is 1.76. The van der Waals surface area contributed by atoms with Crippen LogP contribution in [-0.2, 0) is 5.75 Å². The second-order valence-electron chi connectivity index (χ2n) is 3.26. The van der Waals surface area contributed by atoms with E-state index in [9.17, 15) is 0 Å². The summed E-state index contributed by atoms with van der Waals surface area (Å²) in [7, 11) is 3.52. The Morgan fingerprint density at radius 3 is 3.00 bits per heavy atom. The van der Waals surface area contributed by atoms with Crippen LogP contribution in [0.25, 0.3) is 0 Å². The van der Waals surface area contributed by atoms with E-state index in [1.165, 1.54) is 5.56 Å². The molecule has 1 aromatic carbocycles. The van der Waals surface area contributed by atoms with Crippen LogP contribution in [0.1, 0.15) is 5.56 Å². The zero-order chi connectivity index (χ0) is 12.1. The molecule has 90 valence electrons. The first-order valence-electron chi connectivity index (χ1n) is 5.09. The van der Waals surface area contributed by atoms with Gasteiger partial charge in [-0.3, -0.25) is 0 Å². The van der Waals surface area contributed by atoms with Gasteiger partial charge in [-0.1, -0.05) is 35.2 Å². The molecule has 0 spiro atoms. The van der Waals surface area contributed by atoms with Crippen molar-refractivity contribution in [2.24, 2.45) is 0 Å². The van der Waals surface area contributed by atoms with Gasteiger partial charge in [0.2, 0.25) is 5.13 Å². The van der Waals surface area contributed by atoms with Gasteiger partial charge in [-0.2, -0.15) is 0 Å². The molecule has 2 rings (SSSR count). The van der Waals surface area contributed by atoms with Gasteiger partial charge in [-0.15, -0.1) is 10.2 Å². The van der Waals surface area contributed by atoms with Crippen LogP contribution < -0.4 is 10.1 Å². The number of thioether (sulfide) groups is 1. The molecule has 0 aliphatic carbocycles. The molecule has 1 N–H and O–H groups in total. The lowest BCUT2D eigenvalue weighted by molar-refractivity contribution is 0.414. The Labute approximate surface area is 108 Å². The first kappa shape index (κ1) is 12.2. The van der Waals surface area contributed by atoms with Crippen molar-refractivity contribution < 1.29 is 4.74 Å². The van der Waals surface area contributed by atoms with Gasteiger partial charge in [0.1, 0.15) is 5.75 Å². The summed E-state index contributed by atoms with van der Waals surface area (Å²) in [5.41, 5.74) is 1.22. The summed E-state index contributed by atoms with van der Waals surface area (Å²) in [4.78, 5) is 0. The lowest BCUT2D eigenvalue weighted by atomic mass is 10.2. The minimum absolute atomic E-state index is 0.846. The Morgan fingerprint density at radius 2 is 2.29 bits per heavy atom. The fourth-order valence-electron chi connectivity index (χ4n) is 1.28. The minimum atomic E-state index is 0.846. The number of benzene rings is 1. The van der Waals surface area contributed by atoms with Crippen LogP contribution in [0.15, 0.2) is 28.6 Å². The molecule has 0 radical (unpaired) electrons. The Balaban J connectivity index is 1.96. The van der Waals surface area contributed by atoms with Crippen molar-refractivity contribution in [2.75, 3.05) is 19.5 Å². The van der Waals surface area contributed by atoms with E-state index >= 15 is 0 Å². The van der Waals surface area contributed by atoms with Crippen LogP contribution >= 0.6 is 23.1 Å². The predicted octanol–water partition coefficient (Wildman–Crippen LogP) is 2.88. The van der Waals surface area contributed by atoms with Gasteiger partial charge in [0, 0.05) is 12.8 Å². The van der Waals surface area contributed by atoms with Gasteiger partial charge in [0.25, 0.3) is 0 Å². The van der Waals surface area contributed by atoms with Crippen molar-refractivity contribution in [1.82, 2.24) is 10.2 Å². The van der Waals surface area contributed by atoms with Crippen LogP contribution in [0.3, 0.4) is 0 Å². The molecule has 0 fully saturated rings. The molecular formula is C11H13N3OS2. The van der Waals surface area contributed by atoms with Crippen molar-refractivity contribution in [3.63, 3.8) is 0 Å². The van der Waals surface area contributed by atoms with E-state index in [1.807, 2.05) is 25.2 Å². The van der Waals surface area contributed by atoms with E-state index in [0.29, 0.717) is 0 Å². The third-order valence-electron chi connectivity index (χ3n) is 2.12. The smallest absolute Gasteiger partial charge is 0.206 e. The fourth-order valence-corrected chi connectivity index (χ4v) is 2.92. The Hall–Kier alpha value is -1.27. The molecular weight excluding hydrogens is 254 g/mol. The SMILES string of the molecule is CNc1nnc(SCc2cccc(OC)c2)s1. The van der Waals surface area contributed by atoms with Crippen molar-refractivity contribution in [2.45, 2.75) is 10.1 Å². The van der Waals surface area contributed by atoms with Crippen LogP contribution in [0.5, 0.6) is 5.75 Å². The molecule has 2 aromatic rings. The third-order valence-corrected chi connectivity index (χ3v) is 4.26. The Kier molecular flexibility index (Phi) is 4.22. The highest BCUT2D eigenvalue weighted by Gasteiger charge is 2.04. The van der Waals surface area contributed by atoms with E-state index in [1.54, 1.807) is 30.2 Å². The number of ether oxygens (including phenoxy) is 1. The van der Waals surface area contributed by atoms with Crippen LogP contribution in [0.2, 0.25) is 0 Å². The zero-order valence-corrected chi connectivity index (χ0v) is 11.3. The summed E-state index contributed by atoms with van der Waals surface area (Å²) in [6, 6.07) is 8.05. The number of hydrogen-bond acceptors (Lipinski definition) is 6. The average molecular weight is 267 g/mol. The largest absolute Gasteiger partial charge is 0.497 e. The Morgan fingerprint density at radius 1 is 1.41 bits per heavy atom. The van der Waals surface area contributed by atoms with E-state index in [-0.39, 0.29) is 0 Å². The summed E-state index contributed by atoms with van der Waals surface area (Å²) in [6.07, 6.45) is 0. The molecule has 4 nitrogen and oxygen atoms in total. The van der Waals surface area contributed by atoms with Gasteiger partial charge < -0.3 is 10.1 Å². The number of anilines is 1. The summed E-state index contributed by atoms with van der Waals surface area (Å²) in [6.45, 7) is 0.